The van der Waals surface area contributed by atoms with Crippen molar-refractivity contribution in [2.24, 2.45) is 17.6 Å². The Kier molecular flexibility index (Phi) is 8.20. The van der Waals surface area contributed by atoms with Crippen molar-refractivity contribution in [2.75, 3.05) is 19.3 Å². The van der Waals surface area contributed by atoms with Crippen LogP contribution < -0.4 is 5.73 Å². The Bertz CT molecular complexity index is 387. The van der Waals surface area contributed by atoms with E-state index in [9.17, 15) is 0 Å². The molecule has 1 rings (SSSR count). The maximum atomic E-state index is 6.09. The summed E-state index contributed by atoms with van der Waals surface area (Å²) in [7, 11) is 0. The SMILES string of the molecule is C=C(/C=C\SC)C(C)CCN1CCC(N)=CC(CC)C1C. The molecule has 0 aromatic carbocycles. The van der Waals surface area contributed by atoms with Gasteiger partial charge in [-0.3, -0.25) is 4.90 Å². The Morgan fingerprint density at radius 2 is 2.33 bits per heavy atom. The molecule has 1 aliphatic heterocycles. The maximum Gasteiger partial charge on any atom is 0.0130 e. The molecule has 1 aliphatic rings. The third kappa shape index (κ3) is 5.91. The number of rotatable bonds is 7. The largest absolute Gasteiger partial charge is 0.402 e. The smallest absolute Gasteiger partial charge is 0.0130 e. The zero-order valence-electron chi connectivity index (χ0n) is 14.1. The first-order chi connectivity index (χ1) is 9.99. The Morgan fingerprint density at radius 3 is 2.95 bits per heavy atom. The number of allylic oxidation sites excluding steroid dienone is 2. The molecule has 2 N–H and O–H groups in total. The van der Waals surface area contributed by atoms with Gasteiger partial charge in [0.05, 0.1) is 0 Å². The average Bonchev–Trinajstić information content (AvgIpc) is 2.61. The van der Waals surface area contributed by atoms with Gasteiger partial charge < -0.3 is 5.73 Å². The van der Waals surface area contributed by atoms with Crippen LogP contribution in [-0.4, -0.2) is 30.3 Å². The normalized spacial score (nSPS) is 25.6. The van der Waals surface area contributed by atoms with Crippen LogP contribution in [0, 0.1) is 11.8 Å². The van der Waals surface area contributed by atoms with Crippen LogP contribution in [0.25, 0.3) is 0 Å². The molecule has 0 bridgehead atoms. The van der Waals surface area contributed by atoms with Gasteiger partial charge in [-0.15, -0.1) is 11.8 Å². The lowest BCUT2D eigenvalue weighted by Crippen LogP contribution is -2.38. The molecule has 3 atom stereocenters. The van der Waals surface area contributed by atoms with E-state index in [0.717, 1.165) is 38.0 Å². The van der Waals surface area contributed by atoms with Gasteiger partial charge in [0, 0.05) is 18.3 Å². The molecule has 1 heterocycles. The van der Waals surface area contributed by atoms with Gasteiger partial charge in [-0.2, -0.15) is 0 Å². The quantitative estimate of drug-likeness (QED) is 0.706. The summed E-state index contributed by atoms with van der Waals surface area (Å²) in [5.41, 5.74) is 8.39. The summed E-state index contributed by atoms with van der Waals surface area (Å²) in [6, 6.07) is 0.582. The number of nitrogens with zero attached hydrogens (tertiary/aromatic N) is 1. The van der Waals surface area contributed by atoms with Crippen molar-refractivity contribution < 1.29 is 0 Å². The highest BCUT2D eigenvalue weighted by molar-refractivity contribution is 8.01. The topological polar surface area (TPSA) is 29.3 Å². The van der Waals surface area contributed by atoms with Crippen LogP contribution in [0.1, 0.15) is 40.0 Å². The second-order valence-electron chi connectivity index (χ2n) is 6.14. The van der Waals surface area contributed by atoms with Crippen molar-refractivity contribution in [1.82, 2.24) is 4.90 Å². The molecule has 0 saturated heterocycles. The van der Waals surface area contributed by atoms with Gasteiger partial charge in [-0.25, -0.2) is 0 Å². The third-order valence-corrected chi connectivity index (χ3v) is 5.09. The zero-order chi connectivity index (χ0) is 15.8. The Morgan fingerprint density at radius 1 is 1.62 bits per heavy atom. The highest BCUT2D eigenvalue weighted by Crippen LogP contribution is 2.24. The third-order valence-electron chi connectivity index (χ3n) is 4.68. The fourth-order valence-electron chi connectivity index (χ4n) is 2.88. The molecule has 2 nitrogen and oxygen atoms in total. The lowest BCUT2D eigenvalue weighted by atomic mass is 9.95. The molecule has 0 fully saturated rings. The molecule has 0 saturated carbocycles. The van der Waals surface area contributed by atoms with Crippen molar-refractivity contribution in [2.45, 2.75) is 46.1 Å². The monoisotopic (exact) mass is 308 g/mol. The number of thioether (sulfide) groups is 1. The minimum Gasteiger partial charge on any atom is -0.402 e. The molecule has 3 unspecified atom stereocenters. The zero-order valence-corrected chi connectivity index (χ0v) is 15.0. The van der Waals surface area contributed by atoms with Gasteiger partial charge in [0.2, 0.25) is 0 Å². The van der Waals surface area contributed by atoms with E-state index in [1.54, 1.807) is 11.8 Å². The van der Waals surface area contributed by atoms with Crippen molar-refractivity contribution in [3.8, 4) is 0 Å². The van der Waals surface area contributed by atoms with Crippen molar-refractivity contribution >= 4 is 11.8 Å². The molecule has 120 valence electrons. The molecule has 0 spiro atoms. The van der Waals surface area contributed by atoms with E-state index >= 15 is 0 Å². The van der Waals surface area contributed by atoms with E-state index in [1.807, 2.05) is 0 Å². The molecular formula is C18H32N2S. The van der Waals surface area contributed by atoms with Gasteiger partial charge in [0.15, 0.2) is 0 Å². The fourth-order valence-corrected chi connectivity index (χ4v) is 3.19. The Balaban J connectivity index is 2.54. The molecule has 0 amide bonds. The summed E-state index contributed by atoms with van der Waals surface area (Å²) in [5.74, 6) is 1.12. The first-order valence-corrected chi connectivity index (χ1v) is 9.36. The highest BCUT2D eigenvalue weighted by Gasteiger charge is 2.24. The summed E-state index contributed by atoms with van der Waals surface area (Å²) >= 11 is 1.73. The average molecular weight is 309 g/mol. The Hall–Kier alpha value is -0.670. The fraction of sp³-hybridized carbons (Fsp3) is 0.667. The summed E-state index contributed by atoms with van der Waals surface area (Å²) in [4.78, 5) is 2.60. The predicted octanol–water partition coefficient (Wildman–Crippen LogP) is 4.41. The first kappa shape index (κ1) is 18.4. The van der Waals surface area contributed by atoms with Gasteiger partial charge in [0.25, 0.3) is 0 Å². The number of nitrogens with two attached hydrogens (primary N) is 1. The van der Waals surface area contributed by atoms with E-state index in [0.29, 0.717) is 17.9 Å². The van der Waals surface area contributed by atoms with Crippen molar-refractivity contribution in [3.05, 3.63) is 35.4 Å². The molecule has 0 aromatic rings. The molecule has 0 aliphatic carbocycles. The molecule has 3 heteroatoms. The standard InChI is InChI=1S/C18H32N2S/c1-6-17-13-18(19)8-11-20(16(17)4)10-7-14(2)15(3)9-12-21-5/h9,12-14,16-17H,3,6-8,10-11,19H2,1-2,4-5H3/b12-9-. The summed E-state index contributed by atoms with van der Waals surface area (Å²) in [5, 5.41) is 2.12. The van der Waals surface area contributed by atoms with Crippen molar-refractivity contribution in [3.63, 3.8) is 0 Å². The van der Waals surface area contributed by atoms with Gasteiger partial charge >= 0.3 is 0 Å². The van der Waals surface area contributed by atoms with Gasteiger partial charge in [-0.05, 0) is 56.2 Å². The first-order valence-electron chi connectivity index (χ1n) is 8.07. The van der Waals surface area contributed by atoms with Crippen LogP contribution in [-0.2, 0) is 0 Å². The van der Waals surface area contributed by atoms with E-state index in [2.05, 4.69) is 56.1 Å². The molecular weight excluding hydrogens is 276 g/mol. The second-order valence-corrected chi connectivity index (χ2v) is 6.89. The summed E-state index contributed by atoms with van der Waals surface area (Å²) < 4.78 is 0. The Labute approximate surface area is 135 Å². The van der Waals surface area contributed by atoms with Crippen molar-refractivity contribution in [1.29, 1.82) is 0 Å². The van der Waals surface area contributed by atoms with Gasteiger partial charge in [-0.1, -0.05) is 38.2 Å². The summed E-state index contributed by atoms with van der Waals surface area (Å²) in [6.07, 6.45) is 9.84. The minimum atomic E-state index is 0.536. The predicted molar refractivity (Wildman–Crippen MR) is 97.3 cm³/mol. The van der Waals surface area contributed by atoms with Crippen LogP contribution in [0.3, 0.4) is 0 Å². The second kappa shape index (κ2) is 9.37. The molecule has 21 heavy (non-hydrogen) atoms. The number of hydrogen-bond donors (Lipinski definition) is 1. The van der Waals surface area contributed by atoms with Crippen LogP contribution >= 0.6 is 11.8 Å². The highest BCUT2D eigenvalue weighted by atomic mass is 32.2. The lowest BCUT2D eigenvalue weighted by molar-refractivity contribution is 0.171. The lowest BCUT2D eigenvalue weighted by Gasteiger charge is -2.32. The van der Waals surface area contributed by atoms with Gasteiger partial charge in [0.1, 0.15) is 0 Å². The minimum absolute atomic E-state index is 0.536. The van der Waals surface area contributed by atoms with E-state index in [-0.39, 0.29) is 0 Å². The van der Waals surface area contributed by atoms with Crippen LogP contribution in [0.4, 0.5) is 0 Å². The van der Waals surface area contributed by atoms with E-state index < -0.39 is 0 Å². The molecule has 0 aromatic heterocycles. The molecule has 0 radical (unpaired) electrons. The van der Waals surface area contributed by atoms with Crippen LogP contribution in [0.15, 0.2) is 35.4 Å². The van der Waals surface area contributed by atoms with Crippen LogP contribution in [0.2, 0.25) is 0 Å². The van der Waals surface area contributed by atoms with Crippen LogP contribution in [0.5, 0.6) is 0 Å². The van der Waals surface area contributed by atoms with E-state index in [4.69, 9.17) is 5.73 Å². The van der Waals surface area contributed by atoms with E-state index in [1.165, 1.54) is 5.57 Å². The number of hydrogen-bond acceptors (Lipinski definition) is 3. The maximum absolute atomic E-state index is 6.09. The summed E-state index contributed by atoms with van der Waals surface area (Å²) in [6.45, 7) is 13.3.